The van der Waals surface area contributed by atoms with Gasteiger partial charge in [0.15, 0.2) is 0 Å². The number of carboxylic acid groups (broad SMARTS) is 1. The molecular formula is C9H13N3O3S. The van der Waals surface area contributed by atoms with E-state index in [-0.39, 0.29) is 0 Å². The molecule has 0 atom stereocenters. The van der Waals surface area contributed by atoms with Crippen LogP contribution in [0.25, 0.3) is 0 Å². The molecule has 0 aliphatic rings. The highest BCUT2D eigenvalue weighted by atomic mass is 32.1. The van der Waals surface area contributed by atoms with E-state index in [0.29, 0.717) is 0 Å². The van der Waals surface area contributed by atoms with Crippen LogP contribution in [0.1, 0.15) is 18.9 Å². The summed E-state index contributed by atoms with van der Waals surface area (Å²) in [4.78, 5) is 25.7. The van der Waals surface area contributed by atoms with Crippen LogP contribution in [0, 0.1) is 0 Å². The van der Waals surface area contributed by atoms with Crippen molar-refractivity contribution in [1.82, 2.24) is 15.6 Å². The van der Waals surface area contributed by atoms with Gasteiger partial charge in [-0.15, -0.1) is 11.3 Å². The lowest BCUT2D eigenvalue weighted by molar-refractivity contribution is -0.135. The Bertz CT molecular complexity index is 375. The first-order chi connectivity index (χ1) is 7.42. The molecule has 0 aliphatic heterocycles. The molecular weight excluding hydrogens is 230 g/mol. The first-order valence-corrected chi connectivity index (χ1v) is 5.47. The molecule has 6 nitrogen and oxygen atoms in total. The molecule has 1 heterocycles. The number of aliphatic carboxylic acids is 1. The molecule has 0 unspecified atom stereocenters. The molecule has 3 N–H and O–H groups in total. The zero-order chi connectivity index (χ0) is 12.2. The van der Waals surface area contributed by atoms with Crippen molar-refractivity contribution in [3.05, 3.63) is 16.6 Å². The Morgan fingerprint density at radius 1 is 1.56 bits per heavy atom. The van der Waals surface area contributed by atoms with Crippen molar-refractivity contribution in [1.29, 1.82) is 0 Å². The molecule has 0 aromatic carbocycles. The Hall–Kier alpha value is -1.63. The topological polar surface area (TPSA) is 91.3 Å². The summed E-state index contributed by atoms with van der Waals surface area (Å²) in [5.74, 6) is -1.08. The zero-order valence-corrected chi connectivity index (χ0v) is 9.80. The van der Waals surface area contributed by atoms with Gasteiger partial charge in [0.1, 0.15) is 11.6 Å². The van der Waals surface area contributed by atoms with E-state index >= 15 is 0 Å². The van der Waals surface area contributed by atoms with Gasteiger partial charge in [-0.1, -0.05) is 0 Å². The second-order valence-electron chi connectivity index (χ2n) is 3.66. The summed E-state index contributed by atoms with van der Waals surface area (Å²) >= 11 is 1.43. The number of nitrogens with zero attached hydrogens (tertiary/aromatic N) is 1. The normalized spacial score (nSPS) is 10.9. The van der Waals surface area contributed by atoms with Crippen molar-refractivity contribution in [2.75, 3.05) is 6.54 Å². The number of aromatic nitrogens is 1. The third kappa shape index (κ3) is 3.50. The molecule has 0 fully saturated rings. The van der Waals surface area contributed by atoms with Gasteiger partial charge in [-0.25, -0.2) is 9.78 Å². The fourth-order valence-electron chi connectivity index (χ4n) is 1.07. The maximum absolute atomic E-state index is 11.3. The average Bonchev–Trinajstić information content (AvgIpc) is 2.67. The number of thiazole rings is 1. The van der Waals surface area contributed by atoms with Crippen molar-refractivity contribution < 1.29 is 14.7 Å². The maximum Gasteiger partial charge on any atom is 0.323 e. The quantitative estimate of drug-likeness (QED) is 0.728. The molecule has 16 heavy (non-hydrogen) atoms. The van der Waals surface area contributed by atoms with E-state index in [1.165, 1.54) is 11.3 Å². The number of hydrogen-bond acceptors (Lipinski definition) is 4. The van der Waals surface area contributed by atoms with Gasteiger partial charge in [-0.05, 0) is 13.8 Å². The van der Waals surface area contributed by atoms with Gasteiger partial charge in [0.05, 0.1) is 5.54 Å². The monoisotopic (exact) mass is 243 g/mol. The highest BCUT2D eigenvalue weighted by Gasteiger charge is 2.25. The van der Waals surface area contributed by atoms with Gasteiger partial charge in [0.2, 0.25) is 0 Å². The minimum atomic E-state index is -1.08. The highest BCUT2D eigenvalue weighted by Crippen LogP contribution is 2.21. The third-order valence-corrected chi connectivity index (χ3v) is 2.89. The number of urea groups is 1. The summed E-state index contributed by atoms with van der Waals surface area (Å²) in [5.41, 5.74) is -0.614. The molecule has 1 aromatic rings. The molecule has 0 saturated heterocycles. The van der Waals surface area contributed by atoms with Gasteiger partial charge >= 0.3 is 12.0 Å². The number of nitrogens with one attached hydrogen (secondary N) is 2. The van der Waals surface area contributed by atoms with Gasteiger partial charge in [0, 0.05) is 11.6 Å². The molecule has 0 aliphatic carbocycles. The minimum Gasteiger partial charge on any atom is -0.480 e. The van der Waals surface area contributed by atoms with Gasteiger partial charge < -0.3 is 15.7 Å². The molecule has 7 heteroatoms. The summed E-state index contributed by atoms with van der Waals surface area (Å²) < 4.78 is 0. The largest absolute Gasteiger partial charge is 0.480 e. The van der Waals surface area contributed by atoms with Crippen LogP contribution in [-0.4, -0.2) is 28.6 Å². The molecule has 0 radical (unpaired) electrons. The lowest BCUT2D eigenvalue weighted by Gasteiger charge is -2.23. The van der Waals surface area contributed by atoms with E-state index in [9.17, 15) is 9.59 Å². The summed E-state index contributed by atoms with van der Waals surface area (Å²) in [6.07, 6.45) is 1.65. The predicted molar refractivity (Wildman–Crippen MR) is 59.3 cm³/mol. The van der Waals surface area contributed by atoms with E-state index < -0.39 is 24.1 Å². The van der Waals surface area contributed by atoms with Crippen LogP contribution in [0.3, 0.4) is 0 Å². The number of amides is 2. The van der Waals surface area contributed by atoms with E-state index in [1.807, 2.05) is 5.38 Å². The van der Waals surface area contributed by atoms with Crippen molar-refractivity contribution >= 4 is 23.3 Å². The van der Waals surface area contributed by atoms with E-state index in [1.54, 1.807) is 20.0 Å². The first-order valence-electron chi connectivity index (χ1n) is 4.59. The van der Waals surface area contributed by atoms with Crippen LogP contribution < -0.4 is 10.6 Å². The summed E-state index contributed by atoms with van der Waals surface area (Å²) in [6, 6.07) is -0.525. The Labute approximate surface area is 96.7 Å². The lowest BCUT2D eigenvalue weighted by atomic mass is 10.1. The lowest BCUT2D eigenvalue weighted by Crippen LogP contribution is -2.47. The number of hydrogen-bond donors (Lipinski definition) is 3. The van der Waals surface area contributed by atoms with Crippen molar-refractivity contribution in [3.8, 4) is 0 Å². The fourth-order valence-corrected chi connectivity index (χ4v) is 1.79. The summed E-state index contributed by atoms with van der Waals surface area (Å²) in [7, 11) is 0. The van der Waals surface area contributed by atoms with Crippen molar-refractivity contribution in [2.24, 2.45) is 0 Å². The van der Waals surface area contributed by atoms with Crippen LogP contribution in [0.5, 0.6) is 0 Å². The summed E-state index contributed by atoms with van der Waals surface area (Å²) in [5, 5.41) is 15.8. The van der Waals surface area contributed by atoms with Gasteiger partial charge in [0.25, 0.3) is 0 Å². The van der Waals surface area contributed by atoms with Crippen molar-refractivity contribution in [2.45, 2.75) is 19.4 Å². The first kappa shape index (κ1) is 12.4. The minimum absolute atomic E-state index is 0.403. The second-order valence-corrected chi connectivity index (χ2v) is 4.56. The molecule has 2 amide bonds. The number of carbonyl (C=O) groups is 2. The van der Waals surface area contributed by atoms with E-state index in [2.05, 4.69) is 15.6 Å². The number of carbonyl (C=O) groups excluding carboxylic acids is 1. The Kier molecular flexibility index (Phi) is 3.83. The second kappa shape index (κ2) is 4.93. The van der Waals surface area contributed by atoms with Crippen LogP contribution in [-0.2, 0) is 10.3 Å². The SMILES string of the molecule is CC(C)(NC(=O)NCC(=O)O)c1nccs1. The highest BCUT2D eigenvalue weighted by molar-refractivity contribution is 7.09. The Balaban J connectivity index is 2.53. The molecule has 0 spiro atoms. The third-order valence-electron chi connectivity index (χ3n) is 1.79. The molecule has 1 aromatic heterocycles. The van der Waals surface area contributed by atoms with E-state index in [0.717, 1.165) is 5.01 Å². The number of carboxylic acids is 1. The summed E-state index contributed by atoms with van der Waals surface area (Å²) in [6.45, 7) is 3.19. The van der Waals surface area contributed by atoms with Crippen LogP contribution >= 0.6 is 11.3 Å². The smallest absolute Gasteiger partial charge is 0.323 e. The molecule has 88 valence electrons. The Morgan fingerprint density at radius 3 is 2.75 bits per heavy atom. The van der Waals surface area contributed by atoms with Crippen LogP contribution in [0.15, 0.2) is 11.6 Å². The fraction of sp³-hybridized carbons (Fsp3) is 0.444. The van der Waals surface area contributed by atoms with Crippen LogP contribution in [0.2, 0.25) is 0 Å². The van der Waals surface area contributed by atoms with Crippen LogP contribution in [0.4, 0.5) is 4.79 Å². The van der Waals surface area contributed by atoms with Gasteiger partial charge in [-0.3, -0.25) is 4.79 Å². The van der Waals surface area contributed by atoms with E-state index in [4.69, 9.17) is 5.11 Å². The zero-order valence-electron chi connectivity index (χ0n) is 8.98. The standard InChI is InChI=1S/C9H13N3O3S/c1-9(2,7-10-3-4-16-7)12-8(15)11-5-6(13)14/h3-4H,5H2,1-2H3,(H,13,14)(H2,11,12,15). The molecule has 1 rings (SSSR count). The maximum atomic E-state index is 11.3. The number of rotatable bonds is 4. The Morgan fingerprint density at radius 2 is 2.25 bits per heavy atom. The average molecular weight is 243 g/mol. The molecule has 0 bridgehead atoms. The predicted octanol–water partition coefficient (Wildman–Crippen LogP) is 0.762. The van der Waals surface area contributed by atoms with Crippen molar-refractivity contribution in [3.63, 3.8) is 0 Å². The van der Waals surface area contributed by atoms with Gasteiger partial charge in [-0.2, -0.15) is 0 Å². The molecule has 0 saturated carbocycles.